The molecule has 90 valence electrons. The lowest BCUT2D eigenvalue weighted by atomic mass is 9.97. The van der Waals surface area contributed by atoms with Crippen LogP contribution in [-0.4, -0.2) is 18.5 Å². The number of hydrogen-bond acceptors (Lipinski definition) is 1. The zero-order valence-electron chi connectivity index (χ0n) is 11.2. The third-order valence-electron chi connectivity index (χ3n) is 3.22. The van der Waals surface area contributed by atoms with E-state index in [9.17, 15) is 0 Å². The van der Waals surface area contributed by atoms with E-state index in [4.69, 9.17) is 0 Å². The molecule has 1 aromatic rings. The third kappa shape index (κ3) is 3.97. The van der Waals surface area contributed by atoms with Gasteiger partial charge in [-0.05, 0) is 43.5 Å². The van der Waals surface area contributed by atoms with E-state index in [-0.39, 0.29) is 0 Å². The van der Waals surface area contributed by atoms with Crippen LogP contribution in [0.2, 0.25) is 0 Å². The lowest BCUT2D eigenvalue weighted by molar-refractivity contribution is 0.327. The Bertz CT molecular complexity index is 289. The average molecular weight is 219 g/mol. The molecule has 0 N–H and O–H groups in total. The Morgan fingerprint density at radius 1 is 1.12 bits per heavy atom. The van der Waals surface area contributed by atoms with Crippen molar-refractivity contribution >= 4 is 0 Å². The van der Waals surface area contributed by atoms with E-state index in [1.54, 1.807) is 0 Å². The van der Waals surface area contributed by atoms with Gasteiger partial charge in [-0.25, -0.2) is 0 Å². The van der Waals surface area contributed by atoms with Gasteiger partial charge < -0.3 is 4.90 Å². The number of hydrogen-bond donors (Lipinski definition) is 0. The molecule has 0 aliphatic heterocycles. The van der Waals surface area contributed by atoms with E-state index in [0.717, 1.165) is 6.54 Å². The first-order chi connectivity index (χ1) is 7.67. The van der Waals surface area contributed by atoms with Crippen molar-refractivity contribution in [1.29, 1.82) is 0 Å². The molecule has 1 unspecified atom stereocenters. The second-order valence-electron chi connectivity index (χ2n) is 4.79. The summed E-state index contributed by atoms with van der Waals surface area (Å²) in [6.07, 6.45) is 2.44. The highest BCUT2D eigenvalue weighted by Crippen LogP contribution is 2.19. The highest BCUT2D eigenvalue weighted by Gasteiger charge is 2.03. The van der Waals surface area contributed by atoms with Gasteiger partial charge in [-0.2, -0.15) is 0 Å². The number of benzene rings is 1. The molecular formula is C15H25N. The highest BCUT2D eigenvalue weighted by atomic mass is 15.1. The van der Waals surface area contributed by atoms with Gasteiger partial charge in [-0.1, -0.05) is 45.0 Å². The summed E-state index contributed by atoms with van der Waals surface area (Å²) in [6, 6.07) is 9.11. The van der Waals surface area contributed by atoms with Crippen LogP contribution in [0.1, 0.15) is 50.7 Å². The van der Waals surface area contributed by atoms with Crippen molar-refractivity contribution in [3.63, 3.8) is 0 Å². The Labute approximate surface area is 100 Å². The van der Waals surface area contributed by atoms with Crippen LogP contribution in [0.4, 0.5) is 0 Å². The molecule has 0 aliphatic rings. The van der Waals surface area contributed by atoms with Crippen LogP contribution in [-0.2, 0) is 6.54 Å². The fraction of sp³-hybridized carbons (Fsp3) is 0.600. The summed E-state index contributed by atoms with van der Waals surface area (Å²) in [5.41, 5.74) is 2.88. The largest absolute Gasteiger partial charge is 0.302 e. The van der Waals surface area contributed by atoms with Gasteiger partial charge in [0.25, 0.3) is 0 Å². The summed E-state index contributed by atoms with van der Waals surface area (Å²) in [5.74, 6) is 0.683. The minimum atomic E-state index is 0.683. The molecule has 1 heteroatoms. The molecule has 1 atom stereocenters. The highest BCUT2D eigenvalue weighted by molar-refractivity contribution is 5.24. The second-order valence-corrected chi connectivity index (χ2v) is 4.79. The molecule has 1 aromatic carbocycles. The van der Waals surface area contributed by atoms with Gasteiger partial charge in [0.15, 0.2) is 0 Å². The lowest BCUT2D eigenvalue weighted by Crippen LogP contribution is -2.18. The van der Waals surface area contributed by atoms with Crippen LogP contribution < -0.4 is 0 Å². The van der Waals surface area contributed by atoms with Crippen molar-refractivity contribution in [2.24, 2.45) is 0 Å². The molecule has 1 rings (SSSR count). The molecule has 0 heterocycles. The van der Waals surface area contributed by atoms with Crippen LogP contribution in [0, 0.1) is 0 Å². The van der Waals surface area contributed by atoms with Crippen LogP contribution >= 0.6 is 0 Å². The molecule has 0 saturated carbocycles. The molecule has 0 fully saturated rings. The second kappa shape index (κ2) is 6.70. The smallest absolute Gasteiger partial charge is 0.0230 e. The van der Waals surface area contributed by atoms with Crippen molar-refractivity contribution in [2.45, 2.75) is 46.1 Å². The normalized spacial score (nSPS) is 13.1. The number of nitrogens with zero attached hydrogens (tertiary/aromatic N) is 1. The predicted octanol–water partition coefficient (Wildman–Crippen LogP) is 4.04. The Morgan fingerprint density at radius 2 is 1.75 bits per heavy atom. The Balaban J connectivity index is 2.57. The SMILES string of the molecule is CCCN(C)Cc1ccc(C(C)CC)cc1. The topological polar surface area (TPSA) is 3.24 Å². The Morgan fingerprint density at radius 3 is 2.25 bits per heavy atom. The van der Waals surface area contributed by atoms with Crippen molar-refractivity contribution < 1.29 is 0 Å². The maximum atomic E-state index is 2.37. The fourth-order valence-electron chi connectivity index (χ4n) is 1.96. The van der Waals surface area contributed by atoms with E-state index < -0.39 is 0 Å². The van der Waals surface area contributed by atoms with E-state index >= 15 is 0 Å². The van der Waals surface area contributed by atoms with Crippen LogP contribution in [0.5, 0.6) is 0 Å². The molecule has 0 spiro atoms. The van der Waals surface area contributed by atoms with Crippen molar-refractivity contribution in [3.05, 3.63) is 35.4 Å². The van der Waals surface area contributed by atoms with Gasteiger partial charge in [0.1, 0.15) is 0 Å². The summed E-state index contributed by atoms with van der Waals surface area (Å²) in [6.45, 7) is 9.00. The summed E-state index contributed by atoms with van der Waals surface area (Å²) in [7, 11) is 2.19. The molecule has 0 saturated heterocycles. The maximum Gasteiger partial charge on any atom is 0.0230 e. The van der Waals surface area contributed by atoms with Crippen LogP contribution in [0.3, 0.4) is 0 Å². The van der Waals surface area contributed by atoms with Gasteiger partial charge in [0.2, 0.25) is 0 Å². The van der Waals surface area contributed by atoms with Gasteiger partial charge in [-0.3, -0.25) is 0 Å². The van der Waals surface area contributed by atoms with Crippen molar-refractivity contribution in [2.75, 3.05) is 13.6 Å². The summed E-state index contributed by atoms with van der Waals surface area (Å²) in [4.78, 5) is 2.37. The molecule has 16 heavy (non-hydrogen) atoms. The van der Waals surface area contributed by atoms with E-state index in [1.165, 1.54) is 30.5 Å². The summed E-state index contributed by atoms with van der Waals surface area (Å²) < 4.78 is 0. The van der Waals surface area contributed by atoms with Crippen molar-refractivity contribution in [3.8, 4) is 0 Å². The molecule has 0 amide bonds. The first kappa shape index (κ1) is 13.2. The standard InChI is InChI=1S/C15H25N/c1-5-11-16(4)12-14-7-9-15(10-8-14)13(3)6-2/h7-10,13H,5-6,11-12H2,1-4H3. The van der Waals surface area contributed by atoms with E-state index in [2.05, 4.69) is 57.0 Å². The average Bonchev–Trinajstić information content (AvgIpc) is 2.29. The van der Waals surface area contributed by atoms with Crippen molar-refractivity contribution in [1.82, 2.24) is 4.90 Å². The van der Waals surface area contributed by atoms with E-state index in [1.807, 2.05) is 0 Å². The van der Waals surface area contributed by atoms with Gasteiger partial charge >= 0.3 is 0 Å². The third-order valence-corrected chi connectivity index (χ3v) is 3.22. The zero-order chi connectivity index (χ0) is 12.0. The molecule has 1 nitrogen and oxygen atoms in total. The van der Waals surface area contributed by atoms with Crippen LogP contribution in [0.25, 0.3) is 0 Å². The predicted molar refractivity (Wildman–Crippen MR) is 71.8 cm³/mol. The Kier molecular flexibility index (Phi) is 5.54. The Hall–Kier alpha value is -0.820. The van der Waals surface area contributed by atoms with Gasteiger partial charge in [-0.15, -0.1) is 0 Å². The first-order valence-electron chi connectivity index (χ1n) is 6.44. The van der Waals surface area contributed by atoms with Gasteiger partial charge in [0.05, 0.1) is 0 Å². The first-order valence-corrected chi connectivity index (χ1v) is 6.44. The number of rotatable bonds is 6. The summed E-state index contributed by atoms with van der Waals surface area (Å²) in [5, 5.41) is 0. The quantitative estimate of drug-likeness (QED) is 0.698. The molecule has 0 aliphatic carbocycles. The molecule has 0 aromatic heterocycles. The lowest BCUT2D eigenvalue weighted by Gasteiger charge is -2.16. The van der Waals surface area contributed by atoms with Gasteiger partial charge in [0, 0.05) is 6.54 Å². The monoisotopic (exact) mass is 219 g/mol. The van der Waals surface area contributed by atoms with Crippen LogP contribution in [0.15, 0.2) is 24.3 Å². The minimum Gasteiger partial charge on any atom is -0.302 e. The maximum absolute atomic E-state index is 2.37. The summed E-state index contributed by atoms with van der Waals surface area (Å²) >= 11 is 0. The van der Waals surface area contributed by atoms with E-state index in [0.29, 0.717) is 5.92 Å². The fourth-order valence-corrected chi connectivity index (χ4v) is 1.96. The molecule has 0 radical (unpaired) electrons. The molecular weight excluding hydrogens is 194 g/mol. The zero-order valence-corrected chi connectivity index (χ0v) is 11.2. The minimum absolute atomic E-state index is 0.683. The molecule has 0 bridgehead atoms.